The van der Waals surface area contributed by atoms with Gasteiger partial charge in [-0.1, -0.05) is 18.2 Å². The molecular weight excluding hydrogens is 341 g/mol. The summed E-state index contributed by atoms with van der Waals surface area (Å²) in [6.07, 6.45) is 0.335. The third kappa shape index (κ3) is 3.88. The zero-order valence-electron chi connectivity index (χ0n) is 13.8. The quantitative estimate of drug-likeness (QED) is 0.452. The summed E-state index contributed by atoms with van der Waals surface area (Å²) >= 11 is 0. The lowest BCUT2D eigenvalue weighted by Crippen LogP contribution is -2.28. The lowest BCUT2D eigenvalue weighted by molar-refractivity contribution is -0.121. The van der Waals surface area contributed by atoms with Crippen LogP contribution in [0.25, 0.3) is 0 Å². The number of benzene rings is 2. The average molecular weight is 357 g/mol. The number of rotatable bonds is 6. The molecule has 0 unspecified atom stereocenters. The molecule has 1 aliphatic rings. The van der Waals surface area contributed by atoms with E-state index in [9.17, 15) is 18.8 Å². The Kier molecular flexibility index (Phi) is 5.26. The van der Waals surface area contributed by atoms with E-state index in [1.54, 1.807) is 24.3 Å². The first kappa shape index (κ1) is 17.6. The second-order valence-electron chi connectivity index (χ2n) is 5.59. The van der Waals surface area contributed by atoms with Crippen molar-refractivity contribution in [2.45, 2.75) is 12.8 Å². The fraction of sp³-hybridized carbons (Fsp3) is 0.211. The molecule has 2 amide bonds. The van der Waals surface area contributed by atoms with Gasteiger partial charge in [-0.15, -0.1) is 0 Å². The zero-order valence-corrected chi connectivity index (χ0v) is 13.8. The summed E-state index contributed by atoms with van der Waals surface area (Å²) in [6, 6.07) is 12.0. The van der Waals surface area contributed by atoms with E-state index >= 15 is 0 Å². The molecule has 0 bridgehead atoms. The molecule has 1 aliphatic heterocycles. The third-order valence-corrected chi connectivity index (χ3v) is 3.80. The standard InChI is InChI=1S/C19H16FNO5/c20-15-6-1-2-7-16(15)25-10-11-26-19(24)13-4-3-5-14(12-13)21-17(22)8-9-18(21)23/h1-7,12H,8-11H2. The summed E-state index contributed by atoms with van der Waals surface area (Å²) in [4.78, 5) is 36.7. The van der Waals surface area contributed by atoms with Crippen LogP contribution in [0.15, 0.2) is 48.5 Å². The lowest BCUT2D eigenvalue weighted by Gasteiger charge is -2.14. The Morgan fingerprint density at radius 3 is 2.46 bits per heavy atom. The molecule has 0 N–H and O–H groups in total. The second-order valence-corrected chi connectivity index (χ2v) is 5.59. The van der Waals surface area contributed by atoms with Gasteiger partial charge in [0.2, 0.25) is 11.8 Å². The zero-order chi connectivity index (χ0) is 18.5. The Hall–Kier alpha value is -3.22. The van der Waals surface area contributed by atoms with E-state index in [-0.39, 0.29) is 49.2 Å². The fourth-order valence-electron chi connectivity index (χ4n) is 2.57. The molecule has 0 spiro atoms. The number of nitrogens with zero attached hydrogens (tertiary/aromatic N) is 1. The van der Waals surface area contributed by atoms with Crippen molar-refractivity contribution in [1.82, 2.24) is 0 Å². The van der Waals surface area contributed by atoms with E-state index in [0.717, 1.165) is 4.90 Å². The molecule has 0 aliphatic carbocycles. The van der Waals surface area contributed by atoms with Crippen molar-refractivity contribution in [2.75, 3.05) is 18.1 Å². The molecular formula is C19H16FNO5. The van der Waals surface area contributed by atoms with Gasteiger partial charge in [0.25, 0.3) is 0 Å². The summed E-state index contributed by atoms with van der Waals surface area (Å²) in [5.41, 5.74) is 0.551. The van der Waals surface area contributed by atoms with Gasteiger partial charge in [0.05, 0.1) is 11.3 Å². The highest BCUT2D eigenvalue weighted by Crippen LogP contribution is 2.23. The number of esters is 1. The van der Waals surface area contributed by atoms with Crippen molar-refractivity contribution in [2.24, 2.45) is 0 Å². The predicted octanol–water partition coefficient (Wildman–Crippen LogP) is 2.71. The smallest absolute Gasteiger partial charge is 0.338 e. The van der Waals surface area contributed by atoms with Crippen molar-refractivity contribution >= 4 is 23.5 Å². The van der Waals surface area contributed by atoms with E-state index in [2.05, 4.69) is 0 Å². The van der Waals surface area contributed by atoms with Gasteiger partial charge in [0.15, 0.2) is 11.6 Å². The molecule has 2 aromatic rings. The number of hydrogen-bond acceptors (Lipinski definition) is 5. The number of amides is 2. The number of anilines is 1. The number of imide groups is 1. The van der Waals surface area contributed by atoms with Gasteiger partial charge in [-0.3, -0.25) is 14.5 Å². The molecule has 6 nitrogen and oxygen atoms in total. The fourth-order valence-corrected chi connectivity index (χ4v) is 2.57. The number of carbonyl (C=O) groups is 3. The minimum atomic E-state index is -0.622. The minimum Gasteiger partial charge on any atom is -0.487 e. The maximum Gasteiger partial charge on any atom is 0.338 e. The molecule has 0 atom stereocenters. The summed E-state index contributed by atoms with van der Waals surface area (Å²) in [5, 5.41) is 0. The Morgan fingerprint density at radius 1 is 1.00 bits per heavy atom. The van der Waals surface area contributed by atoms with E-state index in [1.807, 2.05) is 0 Å². The van der Waals surface area contributed by atoms with Crippen molar-refractivity contribution in [3.05, 3.63) is 59.9 Å². The van der Waals surface area contributed by atoms with Gasteiger partial charge in [-0.05, 0) is 30.3 Å². The van der Waals surface area contributed by atoms with Gasteiger partial charge >= 0.3 is 5.97 Å². The largest absolute Gasteiger partial charge is 0.487 e. The summed E-state index contributed by atoms with van der Waals surface area (Å²) in [6.45, 7) is -0.0750. The van der Waals surface area contributed by atoms with Crippen LogP contribution >= 0.6 is 0 Å². The molecule has 1 saturated heterocycles. The Morgan fingerprint density at radius 2 is 1.73 bits per heavy atom. The second kappa shape index (κ2) is 7.77. The van der Waals surface area contributed by atoms with E-state index < -0.39 is 11.8 Å². The normalized spacial score (nSPS) is 13.8. The summed E-state index contributed by atoms with van der Waals surface area (Å²) in [7, 11) is 0. The highest BCUT2D eigenvalue weighted by atomic mass is 19.1. The van der Waals surface area contributed by atoms with Crippen LogP contribution in [-0.2, 0) is 14.3 Å². The number of para-hydroxylation sites is 1. The van der Waals surface area contributed by atoms with Gasteiger partial charge < -0.3 is 9.47 Å². The highest BCUT2D eigenvalue weighted by Gasteiger charge is 2.30. The highest BCUT2D eigenvalue weighted by molar-refractivity contribution is 6.20. The number of carbonyl (C=O) groups excluding carboxylic acids is 3. The molecule has 1 heterocycles. The number of halogens is 1. The molecule has 0 saturated carbocycles. The molecule has 134 valence electrons. The Bertz CT molecular complexity index is 835. The monoisotopic (exact) mass is 357 g/mol. The lowest BCUT2D eigenvalue weighted by atomic mass is 10.2. The van der Waals surface area contributed by atoms with Crippen LogP contribution in [0, 0.1) is 5.82 Å². The van der Waals surface area contributed by atoms with Crippen LogP contribution in [0.5, 0.6) is 5.75 Å². The van der Waals surface area contributed by atoms with Crippen molar-refractivity contribution < 1.29 is 28.2 Å². The maximum atomic E-state index is 13.4. The molecule has 2 aromatic carbocycles. The number of hydrogen-bond donors (Lipinski definition) is 0. The molecule has 7 heteroatoms. The van der Waals surface area contributed by atoms with Gasteiger partial charge in [0.1, 0.15) is 13.2 Å². The Balaban J connectivity index is 1.57. The maximum absolute atomic E-state index is 13.4. The summed E-state index contributed by atoms with van der Waals surface area (Å²) in [5.74, 6) is -1.62. The summed E-state index contributed by atoms with van der Waals surface area (Å²) < 4.78 is 23.7. The number of ether oxygens (including phenoxy) is 2. The van der Waals surface area contributed by atoms with Crippen LogP contribution in [-0.4, -0.2) is 31.0 Å². The van der Waals surface area contributed by atoms with E-state index in [1.165, 1.54) is 24.3 Å². The van der Waals surface area contributed by atoms with Crippen LogP contribution in [0.2, 0.25) is 0 Å². The van der Waals surface area contributed by atoms with Crippen molar-refractivity contribution in [1.29, 1.82) is 0 Å². The molecule has 1 fully saturated rings. The van der Waals surface area contributed by atoms with Gasteiger partial charge in [-0.25, -0.2) is 9.18 Å². The minimum absolute atomic E-state index is 0.00450. The van der Waals surface area contributed by atoms with Crippen molar-refractivity contribution in [3.8, 4) is 5.75 Å². The first-order chi connectivity index (χ1) is 12.6. The Labute approximate surface area is 149 Å². The van der Waals surface area contributed by atoms with Crippen LogP contribution in [0.3, 0.4) is 0 Å². The SMILES string of the molecule is O=C(OCCOc1ccccc1F)c1cccc(N2C(=O)CCC2=O)c1. The molecule has 0 radical (unpaired) electrons. The van der Waals surface area contributed by atoms with Gasteiger partial charge in [-0.2, -0.15) is 0 Å². The first-order valence-corrected chi connectivity index (χ1v) is 8.06. The van der Waals surface area contributed by atoms with Gasteiger partial charge in [0, 0.05) is 12.8 Å². The first-order valence-electron chi connectivity index (χ1n) is 8.06. The van der Waals surface area contributed by atoms with Crippen molar-refractivity contribution in [3.63, 3.8) is 0 Å². The third-order valence-electron chi connectivity index (χ3n) is 3.80. The van der Waals surface area contributed by atoms with Crippen LogP contribution < -0.4 is 9.64 Å². The van der Waals surface area contributed by atoms with E-state index in [0.29, 0.717) is 5.69 Å². The van der Waals surface area contributed by atoms with Crippen LogP contribution in [0.4, 0.5) is 10.1 Å². The predicted molar refractivity (Wildman–Crippen MR) is 90.3 cm³/mol. The molecule has 3 rings (SSSR count). The van der Waals surface area contributed by atoms with Crippen LogP contribution in [0.1, 0.15) is 23.2 Å². The average Bonchev–Trinajstić information content (AvgIpc) is 2.98. The molecule has 0 aromatic heterocycles. The van der Waals surface area contributed by atoms with E-state index in [4.69, 9.17) is 9.47 Å². The topological polar surface area (TPSA) is 72.9 Å². The molecule has 26 heavy (non-hydrogen) atoms.